The number of anilines is 1. The Bertz CT molecular complexity index is 496. The number of aliphatic hydroxyl groups excluding tert-OH is 1. The summed E-state index contributed by atoms with van der Waals surface area (Å²) in [5.41, 5.74) is 0.739. The average molecular weight is 334 g/mol. The fourth-order valence-electron chi connectivity index (χ4n) is 3.26. The van der Waals surface area contributed by atoms with Crippen molar-refractivity contribution in [2.75, 3.05) is 25.5 Å². The molecule has 0 aromatic heterocycles. The Morgan fingerprint density at radius 3 is 2.46 bits per heavy atom. The van der Waals surface area contributed by atoms with Gasteiger partial charge in [-0.05, 0) is 44.2 Å². The molecule has 1 aliphatic carbocycles. The second kappa shape index (κ2) is 9.64. The van der Waals surface area contributed by atoms with Crippen molar-refractivity contribution in [2.45, 2.75) is 57.6 Å². The fourth-order valence-corrected chi connectivity index (χ4v) is 3.26. The molecule has 2 rings (SSSR count). The van der Waals surface area contributed by atoms with Crippen molar-refractivity contribution in [3.05, 3.63) is 24.3 Å². The van der Waals surface area contributed by atoms with E-state index in [1.54, 1.807) is 24.3 Å². The number of carbonyl (C=O) groups is 1. The molecule has 1 fully saturated rings. The number of benzene rings is 1. The van der Waals surface area contributed by atoms with Crippen LogP contribution in [0.1, 0.15) is 45.4 Å². The minimum absolute atomic E-state index is 0.0966. The van der Waals surface area contributed by atoms with Crippen molar-refractivity contribution in [2.24, 2.45) is 0 Å². The van der Waals surface area contributed by atoms with Crippen LogP contribution in [0.3, 0.4) is 0 Å². The van der Waals surface area contributed by atoms with E-state index in [9.17, 15) is 9.90 Å². The molecule has 24 heavy (non-hydrogen) atoms. The number of carbonyl (C=O) groups excluding carboxylic acids is 1. The van der Waals surface area contributed by atoms with Crippen molar-refractivity contribution >= 4 is 11.6 Å². The second-order valence-electron chi connectivity index (χ2n) is 6.76. The molecule has 134 valence electrons. The first-order valence-electron chi connectivity index (χ1n) is 8.93. The first-order valence-corrected chi connectivity index (χ1v) is 8.93. The number of aliphatic hydroxyl groups is 1. The van der Waals surface area contributed by atoms with Gasteiger partial charge in [-0.1, -0.05) is 25.7 Å². The lowest BCUT2D eigenvalue weighted by Gasteiger charge is -2.29. The van der Waals surface area contributed by atoms with Gasteiger partial charge in [0.05, 0.1) is 0 Å². The Hall–Kier alpha value is -1.59. The van der Waals surface area contributed by atoms with Crippen LogP contribution >= 0.6 is 0 Å². The highest BCUT2D eigenvalue weighted by Gasteiger charge is 2.19. The summed E-state index contributed by atoms with van der Waals surface area (Å²) in [6.45, 7) is 2.39. The molecule has 0 spiro atoms. The predicted octanol–water partition coefficient (Wildman–Crippen LogP) is 3.04. The molecule has 2 N–H and O–H groups in total. The summed E-state index contributed by atoms with van der Waals surface area (Å²) in [5.74, 6) is 0.598. The monoisotopic (exact) mass is 334 g/mol. The van der Waals surface area contributed by atoms with E-state index in [0.29, 0.717) is 18.3 Å². The minimum atomic E-state index is -0.506. The van der Waals surface area contributed by atoms with Gasteiger partial charge >= 0.3 is 0 Å². The Balaban J connectivity index is 1.73. The van der Waals surface area contributed by atoms with Crippen LogP contribution in [0.2, 0.25) is 0 Å². The number of hydrogen-bond donors (Lipinski definition) is 2. The molecule has 5 nitrogen and oxygen atoms in total. The lowest BCUT2D eigenvalue weighted by molar-refractivity contribution is -0.114. The number of hydrogen-bond acceptors (Lipinski definition) is 4. The molecule has 1 saturated carbocycles. The third kappa shape index (κ3) is 6.49. The van der Waals surface area contributed by atoms with Crippen molar-refractivity contribution in [1.82, 2.24) is 4.90 Å². The van der Waals surface area contributed by atoms with Gasteiger partial charge in [-0.25, -0.2) is 0 Å². The van der Waals surface area contributed by atoms with Gasteiger partial charge in [-0.2, -0.15) is 0 Å². The molecule has 0 radical (unpaired) electrons. The van der Waals surface area contributed by atoms with Gasteiger partial charge in [-0.15, -0.1) is 0 Å². The van der Waals surface area contributed by atoms with Crippen LogP contribution in [0.25, 0.3) is 0 Å². The molecule has 1 atom stereocenters. The molecule has 0 heterocycles. The first-order chi connectivity index (χ1) is 11.5. The zero-order chi connectivity index (χ0) is 17.4. The summed E-state index contributed by atoms with van der Waals surface area (Å²) in [4.78, 5) is 13.3. The van der Waals surface area contributed by atoms with Crippen molar-refractivity contribution in [3.63, 3.8) is 0 Å². The minimum Gasteiger partial charge on any atom is -0.491 e. The molecule has 0 bridgehead atoms. The Kier molecular flexibility index (Phi) is 7.53. The molecule has 1 aliphatic rings. The standard InChI is InChI=1S/C19H30N2O3/c1-15(22)20-16-9-11-19(12-10-16)24-14-18(23)13-21(2)17-7-5-3-4-6-8-17/h9-12,17-18,23H,3-8,13-14H2,1-2H3,(H,20,22)/t18-/m0/s1. The van der Waals surface area contributed by atoms with E-state index in [4.69, 9.17) is 4.74 Å². The normalized spacial score (nSPS) is 17.3. The van der Waals surface area contributed by atoms with Gasteiger partial charge in [0.15, 0.2) is 0 Å². The Labute approximate surface area is 145 Å². The molecule has 1 aromatic rings. The van der Waals surface area contributed by atoms with Gasteiger partial charge in [-0.3, -0.25) is 4.79 Å². The summed E-state index contributed by atoms with van der Waals surface area (Å²) in [7, 11) is 2.10. The van der Waals surface area contributed by atoms with Gasteiger partial charge in [0.2, 0.25) is 5.91 Å². The number of nitrogens with zero attached hydrogens (tertiary/aromatic N) is 1. The van der Waals surface area contributed by atoms with Gasteiger partial charge in [0.1, 0.15) is 18.5 Å². The van der Waals surface area contributed by atoms with E-state index < -0.39 is 6.10 Å². The van der Waals surface area contributed by atoms with E-state index in [-0.39, 0.29) is 12.5 Å². The molecule has 0 aliphatic heterocycles. The number of amides is 1. The fraction of sp³-hybridized carbons (Fsp3) is 0.632. The third-order valence-electron chi connectivity index (χ3n) is 4.56. The maximum absolute atomic E-state index is 11.0. The lowest BCUT2D eigenvalue weighted by Crippen LogP contribution is -2.39. The maximum atomic E-state index is 11.0. The highest BCUT2D eigenvalue weighted by atomic mass is 16.5. The quantitative estimate of drug-likeness (QED) is 0.753. The molecule has 0 unspecified atom stereocenters. The van der Waals surface area contributed by atoms with Crippen LogP contribution in [-0.4, -0.2) is 48.3 Å². The van der Waals surface area contributed by atoms with Gasteiger partial charge in [0, 0.05) is 25.2 Å². The molecular weight excluding hydrogens is 304 g/mol. The van der Waals surface area contributed by atoms with Crippen molar-refractivity contribution in [1.29, 1.82) is 0 Å². The van der Waals surface area contributed by atoms with Crippen LogP contribution in [-0.2, 0) is 4.79 Å². The molecule has 0 saturated heterocycles. The SMILES string of the molecule is CC(=O)Nc1ccc(OC[C@@H](O)CN(C)C2CCCCCC2)cc1. The van der Waals surface area contributed by atoms with Crippen molar-refractivity contribution < 1.29 is 14.6 Å². The summed E-state index contributed by atoms with van der Waals surface area (Å²) >= 11 is 0. The largest absolute Gasteiger partial charge is 0.491 e. The first kappa shape index (κ1) is 18.7. The van der Waals surface area contributed by atoms with Crippen LogP contribution in [0.4, 0.5) is 5.69 Å². The summed E-state index contributed by atoms with van der Waals surface area (Å²) in [5, 5.41) is 12.9. The Morgan fingerprint density at radius 2 is 1.88 bits per heavy atom. The van der Waals surface area contributed by atoms with E-state index >= 15 is 0 Å². The van der Waals surface area contributed by atoms with Crippen LogP contribution in [0.5, 0.6) is 5.75 Å². The summed E-state index contributed by atoms with van der Waals surface area (Å²) < 4.78 is 5.65. The summed E-state index contributed by atoms with van der Waals surface area (Å²) in [6.07, 6.45) is 7.22. The second-order valence-corrected chi connectivity index (χ2v) is 6.76. The molecule has 1 aromatic carbocycles. The highest BCUT2D eigenvalue weighted by molar-refractivity contribution is 5.88. The number of rotatable bonds is 7. The van der Waals surface area contributed by atoms with Gasteiger partial charge < -0.3 is 20.1 Å². The average Bonchev–Trinajstić information content (AvgIpc) is 2.83. The van der Waals surface area contributed by atoms with Crippen molar-refractivity contribution in [3.8, 4) is 5.75 Å². The topological polar surface area (TPSA) is 61.8 Å². The van der Waals surface area contributed by atoms with Crippen LogP contribution in [0, 0.1) is 0 Å². The molecule has 5 heteroatoms. The molecule has 1 amide bonds. The smallest absolute Gasteiger partial charge is 0.221 e. The van der Waals surface area contributed by atoms with E-state index in [0.717, 1.165) is 5.69 Å². The Morgan fingerprint density at radius 1 is 1.25 bits per heavy atom. The zero-order valence-electron chi connectivity index (χ0n) is 14.8. The summed E-state index contributed by atoms with van der Waals surface area (Å²) in [6, 6.07) is 7.76. The maximum Gasteiger partial charge on any atom is 0.221 e. The highest BCUT2D eigenvalue weighted by Crippen LogP contribution is 2.21. The van der Waals surface area contributed by atoms with E-state index in [2.05, 4.69) is 17.3 Å². The predicted molar refractivity (Wildman–Crippen MR) is 96.4 cm³/mol. The zero-order valence-corrected chi connectivity index (χ0v) is 14.8. The molecular formula is C19H30N2O3. The van der Waals surface area contributed by atoms with E-state index in [1.807, 2.05) is 0 Å². The van der Waals surface area contributed by atoms with E-state index in [1.165, 1.54) is 45.4 Å². The van der Waals surface area contributed by atoms with Crippen LogP contribution < -0.4 is 10.1 Å². The number of likely N-dealkylation sites (N-methyl/N-ethyl adjacent to an activating group) is 1. The van der Waals surface area contributed by atoms with Crippen LogP contribution in [0.15, 0.2) is 24.3 Å². The number of nitrogens with one attached hydrogen (secondary N) is 1. The number of ether oxygens (including phenoxy) is 1. The lowest BCUT2D eigenvalue weighted by atomic mass is 10.1. The van der Waals surface area contributed by atoms with Gasteiger partial charge in [0.25, 0.3) is 0 Å². The third-order valence-corrected chi connectivity index (χ3v) is 4.56.